The lowest BCUT2D eigenvalue weighted by atomic mass is 10.1. The Labute approximate surface area is 99.7 Å². The van der Waals surface area contributed by atoms with Gasteiger partial charge in [-0.3, -0.25) is 0 Å². The van der Waals surface area contributed by atoms with Crippen LogP contribution in [0, 0.1) is 0 Å². The Hall–Kier alpha value is -0.860. The average Bonchev–Trinajstić information content (AvgIpc) is 2.34. The molecule has 0 heterocycles. The van der Waals surface area contributed by atoms with Gasteiger partial charge in [-0.2, -0.15) is 0 Å². The van der Waals surface area contributed by atoms with Crippen LogP contribution in [0.4, 0.5) is 0 Å². The Bertz CT molecular complexity index is 279. The van der Waals surface area contributed by atoms with Crippen molar-refractivity contribution in [3.8, 4) is 0 Å². The van der Waals surface area contributed by atoms with E-state index in [2.05, 4.69) is 55.4 Å². The average molecular weight is 220 g/mol. The molecule has 90 valence electrons. The minimum absolute atomic E-state index is 0.978. The molecule has 1 aromatic carbocycles. The maximum atomic E-state index is 3.34. The van der Waals surface area contributed by atoms with Crippen LogP contribution in [0.5, 0.6) is 0 Å². The number of hydrogen-bond acceptors (Lipinski definition) is 2. The normalized spacial score (nSPS) is 11.0. The molecule has 0 aliphatic heterocycles. The van der Waals surface area contributed by atoms with Gasteiger partial charge in [-0.15, -0.1) is 0 Å². The molecule has 1 rings (SSSR count). The standard InChI is InChI=1S/C14H24N2/c1-4-15-12-14-8-6-13(7-9-14)10-11-16(3)5-2/h6-9,15H,4-5,10-12H2,1-3H3. The number of rotatable bonds is 7. The van der Waals surface area contributed by atoms with Crippen molar-refractivity contribution in [2.24, 2.45) is 0 Å². The number of likely N-dealkylation sites (N-methyl/N-ethyl adjacent to an activating group) is 1. The molecular formula is C14H24N2. The van der Waals surface area contributed by atoms with Crippen LogP contribution in [0.25, 0.3) is 0 Å². The lowest BCUT2D eigenvalue weighted by Crippen LogP contribution is -2.20. The van der Waals surface area contributed by atoms with Gasteiger partial charge in [-0.05, 0) is 37.7 Å². The third-order valence-electron chi connectivity index (χ3n) is 2.92. The molecule has 1 N–H and O–H groups in total. The summed E-state index contributed by atoms with van der Waals surface area (Å²) in [4.78, 5) is 2.34. The van der Waals surface area contributed by atoms with E-state index in [9.17, 15) is 0 Å². The largest absolute Gasteiger partial charge is 0.313 e. The van der Waals surface area contributed by atoms with E-state index >= 15 is 0 Å². The van der Waals surface area contributed by atoms with E-state index in [1.807, 2.05) is 0 Å². The summed E-state index contributed by atoms with van der Waals surface area (Å²) in [5.74, 6) is 0. The molecule has 2 nitrogen and oxygen atoms in total. The first-order chi connectivity index (χ1) is 7.76. The topological polar surface area (TPSA) is 15.3 Å². The van der Waals surface area contributed by atoms with Crippen molar-refractivity contribution in [2.75, 3.05) is 26.7 Å². The molecule has 0 amide bonds. The quantitative estimate of drug-likeness (QED) is 0.758. The Morgan fingerprint density at radius 2 is 1.69 bits per heavy atom. The van der Waals surface area contributed by atoms with E-state index in [4.69, 9.17) is 0 Å². The predicted molar refractivity (Wildman–Crippen MR) is 70.7 cm³/mol. The van der Waals surface area contributed by atoms with Gasteiger partial charge in [0.1, 0.15) is 0 Å². The second-order valence-corrected chi connectivity index (χ2v) is 4.24. The Morgan fingerprint density at radius 1 is 1.06 bits per heavy atom. The number of hydrogen-bond donors (Lipinski definition) is 1. The van der Waals surface area contributed by atoms with E-state index < -0.39 is 0 Å². The second kappa shape index (κ2) is 7.42. The van der Waals surface area contributed by atoms with Crippen LogP contribution in [-0.4, -0.2) is 31.6 Å². The summed E-state index contributed by atoms with van der Waals surface area (Å²) < 4.78 is 0. The van der Waals surface area contributed by atoms with Gasteiger partial charge in [0.05, 0.1) is 0 Å². The van der Waals surface area contributed by atoms with Gasteiger partial charge in [-0.25, -0.2) is 0 Å². The Balaban J connectivity index is 2.38. The molecule has 0 aliphatic rings. The highest BCUT2D eigenvalue weighted by atomic mass is 15.1. The van der Waals surface area contributed by atoms with E-state index in [1.165, 1.54) is 11.1 Å². The number of benzene rings is 1. The summed E-state index contributed by atoms with van der Waals surface area (Å²) >= 11 is 0. The lowest BCUT2D eigenvalue weighted by molar-refractivity contribution is 0.357. The molecule has 0 saturated heterocycles. The van der Waals surface area contributed by atoms with Crippen LogP contribution >= 0.6 is 0 Å². The molecule has 2 heteroatoms. The molecule has 0 radical (unpaired) electrons. The van der Waals surface area contributed by atoms with Gasteiger partial charge < -0.3 is 10.2 Å². The van der Waals surface area contributed by atoms with Gasteiger partial charge in [0.15, 0.2) is 0 Å². The molecule has 1 aromatic rings. The summed E-state index contributed by atoms with van der Waals surface area (Å²) in [5, 5.41) is 3.34. The van der Waals surface area contributed by atoms with Crippen LogP contribution in [0.2, 0.25) is 0 Å². The molecule has 0 spiro atoms. The molecule has 0 aliphatic carbocycles. The Kier molecular flexibility index (Phi) is 6.12. The fourth-order valence-corrected chi connectivity index (χ4v) is 1.57. The van der Waals surface area contributed by atoms with Gasteiger partial charge in [-0.1, -0.05) is 38.1 Å². The highest BCUT2D eigenvalue weighted by Crippen LogP contribution is 2.05. The summed E-state index contributed by atoms with van der Waals surface area (Å²) in [6.45, 7) is 8.60. The van der Waals surface area contributed by atoms with Crippen LogP contribution in [0.1, 0.15) is 25.0 Å². The predicted octanol–water partition coefficient (Wildman–Crippen LogP) is 2.29. The third-order valence-corrected chi connectivity index (χ3v) is 2.92. The molecule has 0 saturated carbocycles. The highest BCUT2D eigenvalue weighted by Gasteiger charge is 1.97. The number of nitrogens with zero attached hydrogens (tertiary/aromatic N) is 1. The lowest BCUT2D eigenvalue weighted by Gasteiger charge is -2.13. The summed E-state index contributed by atoms with van der Waals surface area (Å²) in [6, 6.07) is 8.94. The van der Waals surface area contributed by atoms with Crippen molar-refractivity contribution in [1.82, 2.24) is 10.2 Å². The zero-order valence-electron chi connectivity index (χ0n) is 10.8. The molecule has 16 heavy (non-hydrogen) atoms. The van der Waals surface area contributed by atoms with E-state index in [1.54, 1.807) is 0 Å². The number of nitrogens with one attached hydrogen (secondary N) is 1. The minimum Gasteiger partial charge on any atom is -0.313 e. The molecular weight excluding hydrogens is 196 g/mol. The van der Waals surface area contributed by atoms with Crippen LogP contribution < -0.4 is 5.32 Å². The maximum absolute atomic E-state index is 3.34. The second-order valence-electron chi connectivity index (χ2n) is 4.24. The SMILES string of the molecule is CCNCc1ccc(CCN(C)CC)cc1. The molecule has 0 unspecified atom stereocenters. The molecule has 0 bridgehead atoms. The first-order valence-corrected chi connectivity index (χ1v) is 6.23. The first kappa shape index (κ1) is 13.2. The van der Waals surface area contributed by atoms with Gasteiger partial charge in [0.25, 0.3) is 0 Å². The smallest absolute Gasteiger partial charge is 0.0205 e. The van der Waals surface area contributed by atoms with Gasteiger partial charge >= 0.3 is 0 Å². The van der Waals surface area contributed by atoms with E-state index in [-0.39, 0.29) is 0 Å². The van der Waals surface area contributed by atoms with Crippen molar-refractivity contribution in [2.45, 2.75) is 26.8 Å². The summed E-state index contributed by atoms with van der Waals surface area (Å²) in [7, 11) is 2.17. The Morgan fingerprint density at radius 3 is 2.25 bits per heavy atom. The fraction of sp³-hybridized carbons (Fsp3) is 0.571. The van der Waals surface area contributed by atoms with E-state index in [0.717, 1.165) is 32.6 Å². The van der Waals surface area contributed by atoms with Crippen molar-refractivity contribution in [3.63, 3.8) is 0 Å². The monoisotopic (exact) mass is 220 g/mol. The molecule has 0 aromatic heterocycles. The highest BCUT2D eigenvalue weighted by molar-refractivity contribution is 5.22. The zero-order chi connectivity index (χ0) is 11.8. The van der Waals surface area contributed by atoms with Gasteiger partial charge in [0.2, 0.25) is 0 Å². The molecule has 0 atom stereocenters. The maximum Gasteiger partial charge on any atom is 0.0205 e. The zero-order valence-corrected chi connectivity index (χ0v) is 10.8. The first-order valence-electron chi connectivity index (χ1n) is 6.23. The van der Waals surface area contributed by atoms with Gasteiger partial charge in [0, 0.05) is 13.1 Å². The van der Waals surface area contributed by atoms with Crippen LogP contribution in [-0.2, 0) is 13.0 Å². The minimum atomic E-state index is 0.978. The van der Waals surface area contributed by atoms with Crippen LogP contribution in [0.15, 0.2) is 24.3 Å². The fourth-order valence-electron chi connectivity index (χ4n) is 1.57. The molecule has 0 fully saturated rings. The summed E-state index contributed by atoms with van der Waals surface area (Å²) in [6.07, 6.45) is 1.14. The van der Waals surface area contributed by atoms with Crippen molar-refractivity contribution >= 4 is 0 Å². The van der Waals surface area contributed by atoms with E-state index in [0.29, 0.717) is 0 Å². The van der Waals surface area contributed by atoms with Crippen molar-refractivity contribution in [3.05, 3.63) is 35.4 Å². The van der Waals surface area contributed by atoms with Crippen molar-refractivity contribution < 1.29 is 0 Å². The summed E-state index contributed by atoms with van der Waals surface area (Å²) in [5.41, 5.74) is 2.80. The van der Waals surface area contributed by atoms with Crippen molar-refractivity contribution in [1.29, 1.82) is 0 Å². The van der Waals surface area contributed by atoms with Crippen LogP contribution in [0.3, 0.4) is 0 Å². The third kappa shape index (κ3) is 4.77.